The molecule has 1 aromatic carbocycles. The maximum atomic E-state index is 12.2. The number of quaternary nitrogens is 1. The first-order chi connectivity index (χ1) is 11.6. The van der Waals surface area contributed by atoms with Gasteiger partial charge in [-0.05, 0) is 38.3 Å². The number of hydrogen-bond acceptors (Lipinski definition) is 3. The number of fused-ring (bicyclic) bond motifs is 1. The lowest BCUT2D eigenvalue weighted by molar-refractivity contribution is -0.928. The number of piperidine rings is 1. The second kappa shape index (κ2) is 7.62. The molecule has 0 bridgehead atoms. The van der Waals surface area contributed by atoms with Crippen molar-refractivity contribution in [2.75, 3.05) is 19.6 Å². The van der Waals surface area contributed by atoms with Crippen molar-refractivity contribution in [1.29, 1.82) is 0 Å². The van der Waals surface area contributed by atoms with Crippen molar-refractivity contribution < 1.29 is 14.1 Å². The maximum absolute atomic E-state index is 12.2. The van der Waals surface area contributed by atoms with E-state index >= 15 is 0 Å². The van der Waals surface area contributed by atoms with E-state index in [2.05, 4.69) is 12.2 Å². The Kier molecular flexibility index (Phi) is 5.30. The predicted octanol–water partition coefficient (Wildman–Crippen LogP) is 1.37. The SMILES string of the molecule is C[C@@H]1CCCC[NH+]1CCCNC(=O)c1cc2ccccc2oc1=O. The van der Waals surface area contributed by atoms with Gasteiger partial charge >= 0.3 is 5.63 Å². The number of hydrogen-bond donors (Lipinski definition) is 2. The van der Waals surface area contributed by atoms with E-state index in [1.165, 1.54) is 25.8 Å². The van der Waals surface area contributed by atoms with Gasteiger partial charge in [0.15, 0.2) is 0 Å². The number of amides is 1. The van der Waals surface area contributed by atoms with Crippen LogP contribution < -0.4 is 15.8 Å². The van der Waals surface area contributed by atoms with Crippen molar-refractivity contribution in [2.24, 2.45) is 0 Å². The van der Waals surface area contributed by atoms with Gasteiger partial charge in [-0.15, -0.1) is 0 Å². The van der Waals surface area contributed by atoms with E-state index in [4.69, 9.17) is 4.42 Å². The van der Waals surface area contributed by atoms with Crippen molar-refractivity contribution in [1.82, 2.24) is 5.32 Å². The smallest absolute Gasteiger partial charge is 0.349 e. The molecule has 5 heteroatoms. The minimum absolute atomic E-state index is 0.0763. The standard InChI is InChI=1S/C19H24N2O3/c1-14-7-4-5-11-21(14)12-6-10-20-18(22)16-13-15-8-2-3-9-17(15)24-19(16)23/h2-3,8-9,13-14H,4-7,10-12H2,1H3,(H,20,22)/p+1/t14-/m1/s1. The Bertz CT molecular complexity index is 769. The van der Waals surface area contributed by atoms with Gasteiger partial charge in [-0.2, -0.15) is 0 Å². The molecule has 2 atom stereocenters. The fraction of sp³-hybridized carbons (Fsp3) is 0.474. The van der Waals surface area contributed by atoms with Gasteiger partial charge in [0.25, 0.3) is 5.91 Å². The number of carbonyl (C=O) groups is 1. The van der Waals surface area contributed by atoms with Gasteiger partial charge in [0.05, 0.1) is 19.1 Å². The van der Waals surface area contributed by atoms with Gasteiger partial charge in [-0.25, -0.2) is 4.79 Å². The van der Waals surface area contributed by atoms with Gasteiger partial charge in [-0.3, -0.25) is 4.79 Å². The van der Waals surface area contributed by atoms with Crippen molar-refractivity contribution in [3.8, 4) is 0 Å². The zero-order chi connectivity index (χ0) is 16.9. The van der Waals surface area contributed by atoms with Gasteiger partial charge in [0, 0.05) is 18.4 Å². The minimum Gasteiger partial charge on any atom is -0.422 e. The summed E-state index contributed by atoms with van der Waals surface area (Å²) in [6.07, 6.45) is 4.84. The molecule has 24 heavy (non-hydrogen) atoms. The first-order valence-corrected chi connectivity index (χ1v) is 8.81. The summed E-state index contributed by atoms with van der Waals surface area (Å²) in [5.74, 6) is -0.351. The lowest BCUT2D eigenvalue weighted by Crippen LogP contribution is -3.16. The average molecular weight is 329 g/mol. The molecule has 1 amide bonds. The molecule has 1 aromatic heterocycles. The molecule has 2 N–H and O–H groups in total. The number of nitrogens with one attached hydrogen (secondary N) is 2. The van der Waals surface area contributed by atoms with Crippen LogP contribution in [0.1, 0.15) is 43.0 Å². The lowest BCUT2D eigenvalue weighted by atomic mass is 10.0. The summed E-state index contributed by atoms with van der Waals surface area (Å²) in [5, 5.41) is 3.60. The fourth-order valence-corrected chi connectivity index (χ4v) is 3.46. The Morgan fingerprint density at radius 2 is 2.17 bits per heavy atom. The van der Waals surface area contributed by atoms with Crippen LogP contribution in [0, 0.1) is 0 Å². The zero-order valence-corrected chi connectivity index (χ0v) is 14.1. The summed E-state index contributed by atoms with van der Waals surface area (Å²) >= 11 is 0. The monoisotopic (exact) mass is 329 g/mol. The maximum Gasteiger partial charge on any atom is 0.349 e. The Balaban J connectivity index is 1.55. The first kappa shape index (κ1) is 16.7. The molecule has 1 fully saturated rings. The molecule has 128 valence electrons. The molecule has 0 radical (unpaired) electrons. The van der Waals surface area contributed by atoms with Crippen LogP contribution in [0.2, 0.25) is 0 Å². The van der Waals surface area contributed by atoms with E-state index < -0.39 is 5.63 Å². The Labute approximate surface area is 141 Å². The molecular formula is C19H25N2O3+. The Morgan fingerprint density at radius 1 is 1.33 bits per heavy atom. The summed E-state index contributed by atoms with van der Waals surface area (Å²) in [4.78, 5) is 25.8. The summed E-state index contributed by atoms with van der Waals surface area (Å²) in [7, 11) is 0. The molecule has 0 spiro atoms. The Hall–Kier alpha value is -2.14. The molecule has 0 aliphatic carbocycles. The summed E-state index contributed by atoms with van der Waals surface area (Å²) in [6.45, 7) is 5.17. The van der Waals surface area contributed by atoms with Crippen LogP contribution in [0.5, 0.6) is 0 Å². The van der Waals surface area contributed by atoms with Crippen LogP contribution in [0.25, 0.3) is 11.0 Å². The fourth-order valence-electron chi connectivity index (χ4n) is 3.46. The molecule has 1 saturated heterocycles. The molecule has 1 aliphatic heterocycles. The lowest BCUT2D eigenvalue weighted by Gasteiger charge is -2.30. The van der Waals surface area contributed by atoms with Crippen LogP contribution in [0.3, 0.4) is 0 Å². The summed E-state index contributed by atoms with van der Waals surface area (Å²) in [6, 6.07) is 9.52. The van der Waals surface area contributed by atoms with Crippen molar-refractivity contribution in [2.45, 2.75) is 38.6 Å². The molecule has 2 aromatic rings. The van der Waals surface area contributed by atoms with Gasteiger partial charge in [-0.1, -0.05) is 18.2 Å². The van der Waals surface area contributed by atoms with Crippen LogP contribution in [-0.4, -0.2) is 31.6 Å². The van der Waals surface area contributed by atoms with Gasteiger partial charge in [0.1, 0.15) is 11.1 Å². The molecule has 1 aliphatic rings. The number of likely N-dealkylation sites (tertiary alicyclic amines) is 1. The van der Waals surface area contributed by atoms with E-state index in [1.54, 1.807) is 23.1 Å². The molecule has 0 saturated carbocycles. The zero-order valence-electron chi connectivity index (χ0n) is 14.1. The summed E-state index contributed by atoms with van der Waals surface area (Å²) in [5.41, 5.74) is -0.00407. The normalized spacial score (nSPS) is 20.9. The third-order valence-electron chi connectivity index (χ3n) is 4.93. The van der Waals surface area contributed by atoms with Gasteiger partial charge in [0.2, 0.25) is 0 Å². The van der Waals surface area contributed by atoms with E-state index in [0.717, 1.165) is 18.4 Å². The first-order valence-electron chi connectivity index (χ1n) is 8.81. The highest BCUT2D eigenvalue weighted by atomic mass is 16.4. The highest BCUT2D eigenvalue weighted by Gasteiger charge is 2.21. The van der Waals surface area contributed by atoms with E-state index in [0.29, 0.717) is 18.2 Å². The van der Waals surface area contributed by atoms with E-state index in [-0.39, 0.29) is 11.5 Å². The number of benzene rings is 1. The van der Waals surface area contributed by atoms with Crippen LogP contribution in [0.4, 0.5) is 0 Å². The third kappa shape index (κ3) is 3.85. The summed E-state index contributed by atoms with van der Waals surface area (Å²) < 4.78 is 5.21. The second-order valence-electron chi connectivity index (χ2n) is 6.65. The quantitative estimate of drug-likeness (QED) is 0.643. The van der Waals surface area contributed by atoms with Crippen LogP contribution in [-0.2, 0) is 0 Å². The molecule has 3 rings (SSSR count). The Morgan fingerprint density at radius 3 is 3.00 bits per heavy atom. The van der Waals surface area contributed by atoms with Crippen molar-refractivity contribution in [3.63, 3.8) is 0 Å². The number of rotatable bonds is 5. The second-order valence-corrected chi connectivity index (χ2v) is 6.65. The largest absolute Gasteiger partial charge is 0.422 e. The average Bonchev–Trinajstić information content (AvgIpc) is 2.59. The molecular weight excluding hydrogens is 304 g/mol. The molecule has 2 heterocycles. The number of para-hydroxylation sites is 1. The minimum atomic E-state index is -0.582. The van der Waals surface area contributed by atoms with Crippen LogP contribution >= 0.6 is 0 Å². The molecule has 1 unspecified atom stereocenters. The number of carbonyl (C=O) groups excluding carboxylic acids is 1. The van der Waals surface area contributed by atoms with Crippen LogP contribution in [0.15, 0.2) is 39.5 Å². The van der Waals surface area contributed by atoms with Crippen molar-refractivity contribution in [3.05, 3.63) is 46.3 Å². The van der Waals surface area contributed by atoms with E-state index in [9.17, 15) is 9.59 Å². The molecule has 5 nitrogen and oxygen atoms in total. The third-order valence-corrected chi connectivity index (χ3v) is 4.93. The predicted molar refractivity (Wildman–Crippen MR) is 93.4 cm³/mol. The highest BCUT2D eigenvalue weighted by molar-refractivity contribution is 5.96. The van der Waals surface area contributed by atoms with Crippen molar-refractivity contribution >= 4 is 16.9 Å². The highest BCUT2D eigenvalue weighted by Crippen LogP contribution is 2.12. The van der Waals surface area contributed by atoms with E-state index in [1.807, 2.05) is 12.1 Å². The topological polar surface area (TPSA) is 63.8 Å². The van der Waals surface area contributed by atoms with Gasteiger partial charge < -0.3 is 14.6 Å².